The average Bonchev–Trinajstić information content (AvgIpc) is 3.47. The Kier molecular flexibility index (Phi) is 5.52. The van der Waals surface area contributed by atoms with E-state index in [0.29, 0.717) is 33.1 Å². The number of allylic oxidation sites excluding steroid dienone is 1. The van der Waals surface area contributed by atoms with Gasteiger partial charge in [-0.15, -0.1) is 6.58 Å². The van der Waals surface area contributed by atoms with Crippen molar-refractivity contribution in [3.63, 3.8) is 0 Å². The first-order valence-electron chi connectivity index (χ1n) is 9.91. The van der Waals surface area contributed by atoms with Crippen molar-refractivity contribution in [1.82, 2.24) is 19.7 Å². The monoisotopic (exact) mass is 488 g/mol. The summed E-state index contributed by atoms with van der Waals surface area (Å²) in [6, 6.07) is 7.73. The lowest BCUT2D eigenvalue weighted by atomic mass is 10.1. The van der Waals surface area contributed by atoms with Gasteiger partial charge in [-0.3, -0.25) is 9.36 Å². The first kappa shape index (κ1) is 22.0. The predicted molar refractivity (Wildman–Crippen MR) is 117 cm³/mol. The minimum Gasteiger partial charge on any atom is -0.454 e. The third-order valence-electron chi connectivity index (χ3n) is 4.99. The van der Waals surface area contributed by atoms with Crippen LogP contribution in [0, 0.1) is 0 Å². The fraction of sp³-hybridized carbons (Fsp3) is 0.182. The molecule has 8 nitrogen and oxygen atoms in total. The molecule has 0 saturated heterocycles. The van der Waals surface area contributed by atoms with E-state index in [0.717, 1.165) is 12.1 Å². The summed E-state index contributed by atoms with van der Waals surface area (Å²) in [4.78, 5) is 21.9. The summed E-state index contributed by atoms with van der Waals surface area (Å²) >= 11 is 1.20. The number of benzene rings is 2. The third-order valence-corrected chi connectivity index (χ3v) is 5.95. The van der Waals surface area contributed by atoms with Gasteiger partial charge in [-0.05, 0) is 18.2 Å². The van der Waals surface area contributed by atoms with Crippen molar-refractivity contribution in [2.75, 3.05) is 6.79 Å². The largest absolute Gasteiger partial charge is 0.454 e. The van der Waals surface area contributed by atoms with Gasteiger partial charge in [0.2, 0.25) is 18.5 Å². The molecule has 0 bridgehead atoms. The molecular formula is C22H15F3N4O4S. The van der Waals surface area contributed by atoms with Gasteiger partial charge in [0, 0.05) is 18.2 Å². The quantitative estimate of drug-likeness (QED) is 0.220. The number of thioether (sulfide) groups is 1. The van der Waals surface area contributed by atoms with Gasteiger partial charge in [-0.25, -0.2) is 4.98 Å². The summed E-state index contributed by atoms with van der Waals surface area (Å²) in [6.45, 7) is 4.01. The van der Waals surface area contributed by atoms with Gasteiger partial charge in [-0.2, -0.15) is 18.2 Å². The van der Waals surface area contributed by atoms with E-state index in [9.17, 15) is 18.0 Å². The van der Waals surface area contributed by atoms with Gasteiger partial charge in [0.25, 0.3) is 5.56 Å². The minimum absolute atomic E-state index is 0.0759. The fourth-order valence-corrected chi connectivity index (χ4v) is 4.20. The van der Waals surface area contributed by atoms with Crippen molar-refractivity contribution < 1.29 is 27.2 Å². The first-order chi connectivity index (χ1) is 16.3. The van der Waals surface area contributed by atoms with Crippen LogP contribution in [0.5, 0.6) is 11.5 Å². The second-order valence-electron chi connectivity index (χ2n) is 7.20. The Morgan fingerprint density at radius 3 is 2.56 bits per heavy atom. The lowest BCUT2D eigenvalue weighted by Gasteiger charge is -2.11. The summed E-state index contributed by atoms with van der Waals surface area (Å²) in [7, 11) is 0. The van der Waals surface area contributed by atoms with Crippen LogP contribution in [0.25, 0.3) is 22.3 Å². The minimum atomic E-state index is -4.43. The lowest BCUT2D eigenvalue weighted by Crippen LogP contribution is -2.22. The Morgan fingerprint density at radius 2 is 1.85 bits per heavy atom. The summed E-state index contributed by atoms with van der Waals surface area (Å²) in [5.74, 6) is 1.57. The van der Waals surface area contributed by atoms with E-state index in [1.54, 1.807) is 18.2 Å². The number of alkyl halides is 3. The van der Waals surface area contributed by atoms with Crippen molar-refractivity contribution in [2.45, 2.75) is 23.6 Å². The maximum absolute atomic E-state index is 13.1. The van der Waals surface area contributed by atoms with Crippen LogP contribution in [0.4, 0.5) is 13.2 Å². The van der Waals surface area contributed by atoms with Gasteiger partial charge in [0.1, 0.15) is 0 Å². The zero-order valence-electron chi connectivity index (χ0n) is 17.3. The van der Waals surface area contributed by atoms with E-state index in [1.807, 2.05) is 0 Å². The van der Waals surface area contributed by atoms with E-state index in [1.165, 1.54) is 28.5 Å². The zero-order chi connectivity index (χ0) is 23.9. The Morgan fingerprint density at radius 1 is 1.12 bits per heavy atom. The standard InChI is InChI=1S/C22H15F3N4O4S/c1-2-7-29-20(30)14-8-16-17(32-11-31-16)9-15(14)26-21(29)34-10-18-27-19(28-33-18)12-3-5-13(6-4-12)22(23,24)25/h2-6,8-9H,1,7,10-11H2. The zero-order valence-corrected chi connectivity index (χ0v) is 18.2. The molecule has 34 heavy (non-hydrogen) atoms. The molecule has 0 unspecified atom stereocenters. The average molecular weight is 488 g/mol. The molecule has 0 amide bonds. The molecule has 0 aliphatic carbocycles. The number of hydrogen-bond acceptors (Lipinski definition) is 8. The molecular weight excluding hydrogens is 473 g/mol. The molecule has 0 fully saturated rings. The summed E-state index contributed by atoms with van der Waals surface area (Å²) in [5, 5.41) is 4.63. The Bertz CT molecular complexity index is 1450. The summed E-state index contributed by atoms with van der Waals surface area (Å²) < 4.78 is 55.7. The molecule has 1 aliphatic heterocycles. The Hall–Kier alpha value is -3.80. The van der Waals surface area contributed by atoms with E-state index >= 15 is 0 Å². The molecule has 5 rings (SSSR count). The smallest absolute Gasteiger partial charge is 0.416 e. The molecule has 0 N–H and O–H groups in total. The molecule has 2 aromatic carbocycles. The number of halogens is 3. The fourth-order valence-electron chi connectivity index (χ4n) is 3.36. The summed E-state index contributed by atoms with van der Waals surface area (Å²) in [6.07, 6.45) is -2.84. The molecule has 0 atom stereocenters. The molecule has 2 aromatic heterocycles. The maximum Gasteiger partial charge on any atom is 0.416 e. The van der Waals surface area contributed by atoms with Gasteiger partial charge in [0.05, 0.1) is 22.2 Å². The highest BCUT2D eigenvalue weighted by atomic mass is 32.2. The van der Waals surface area contributed by atoms with Crippen LogP contribution in [0.2, 0.25) is 0 Å². The van der Waals surface area contributed by atoms with Crippen LogP contribution in [-0.4, -0.2) is 26.5 Å². The Balaban J connectivity index is 1.40. The Labute approximate surface area is 194 Å². The van der Waals surface area contributed by atoms with E-state index in [4.69, 9.17) is 14.0 Å². The molecule has 0 saturated carbocycles. The number of ether oxygens (including phenoxy) is 2. The second-order valence-corrected chi connectivity index (χ2v) is 8.14. The topological polar surface area (TPSA) is 92.3 Å². The highest BCUT2D eigenvalue weighted by Crippen LogP contribution is 2.35. The second kappa shape index (κ2) is 8.52. The molecule has 0 spiro atoms. The van der Waals surface area contributed by atoms with Crippen LogP contribution in [0.3, 0.4) is 0 Å². The van der Waals surface area contributed by atoms with Crippen molar-refractivity contribution >= 4 is 22.7 Å². The van der Waals surface area contributed by atoms with Crippen molar-refractivity contribution in [1.29, 1.82) is 0 Å². The molecule has 12 heteroatoms. The number of fused-ring (bicyclic) bond motifs is 2. The lowest BCUT2D eigenvalue weighted by molar-refractivity contribution is -0.137. The highest BCUT2D eigenvalue weighted by Gasteiger charge is 2.30. The summed E-state index contributed by atoms with van der Waals surface area (Å²) in [5.41, 5.74) is -0.188. The molecule has 4 aromatic rings. The van der Waals surface area contributed by atoms with Crippen LogP contribution >= 0.6 is 11.8 Å². The van der Waals surface area contributed by atoms with Crippen LogP contribution in [-0.2, 0) is 18.5 Å². The SMILES string of the molecule is C=CCn1c(SCc2nc(-c3ccc(C(F)(F)F)cc3)no2)nc2cc3c(cc2c1=O)OCO3. The normalized spacial score (nSPS) is 12.9. The van der Waals surface area contributed by atoms with Crippen molar-refractivity contribution in [3.05, 3.63) is 70.9 Å². The van der Waals surface area contributed by atoms with Crippen LogP contribution < -0.4 is 15.0 Å². The third kappa shape index (κ3) is 4.12. The molecule has 1 aliphatic rings. The van der Waals surface area contributed by atoms with Crippen LogP contribution in [0.1, 0.15) is 11.5 Å². The van der Waals surface area contributed by atoms with Gasteiger partial charge in [-0.1, -0.05) is 35.1 Å². The molecule has 3 heterocycles. The van der Waals surface area contributed by atoms with E-state index in [-0.39, 0.29) is 36.4 Å². The number of aromatic nitrogens is 4. The molecule has 0 radical (unpaired) electrons. The predicted octanol–water partition coefficient (Wildman–Crippen LogP) is 4.67. The maximum atomic E-state index is 13.1. The van der Waals surface area contributed by atoms with Gasteiger partial charge in [0.15, 0.2) is 16.7 Å². The van der Waals surface area contributed by atoms with E-state index < -0.39 is 11.7 Å². The number of hydrogen-bond donors (Lipinski definition) is 0. The van der Waals surface area contributed by atoms with Crippen molar-refractivity contribution in [2.24, 2.45) is 0 Å². The highest BCUT2D eigenvalue weighted by molar-refractivity contribution is 7.98. The van der Waals surface area contributed by atoms with Crippen molar-refractivity contribution in [3.8, 4) is 22.9 Å². The van der Waals surface area contributed by atoms with Gasteiger partial charge >= 0.3 is 6.18 Å². The first-order valence-corrected chi connectivity index (χ1v) is 10.9. The van der Waals surface area contributed by atoms with Crippen LogP contribution in [0.15, 0.2) is 63.5 Å². The van der Waals surface area contributed by atoms with E-state index in [2.05, 4.69) is 21.7 Å². The molecule has 174 valence electrons. The number of rotatable bonds is 6. The number of nitrogens with zero attached hydrogens (tertiary/aromatic N) is 4. The van der Waals surface area contributed by atoms with Gasteiger partial charge < -0.3 is 14.0 Å².